The molecule has 5 heteroatoms. The Kier molecular flexibility index (Phi) is 3.06. The third-order valence-corrected chi connectivity index (χ3v) is 4.31. The highest BCUT2D eigenvalue weighted by Crippen LogP contribution is 2.39. The first kappa shape index (κ1) is 13.2. The summed E-state index contributed by atoms with van der Waals surface area (Å²) in [6.07, 6.45) is 6.25. The van der Waals surface area contributed by atoms with Gasteiger partial charge in [0.2, 0.25) is 5.65 Å². The van der Waals surface area contributed by atoms with Gasteiger partial charge < -0.3 is 4.90 Å². The Labute approximate surface area is 129 Å². The highest BCUT2D eigenvalue weighted by molar-refractivity contribution is 5.63. The van der Waals surface area contributed by atoms with E-state index in [0.717, 1.165) is 23.8 Å². The van der Waals surface area contributed by atoms with Crippen molar-refractivity contribution < 1.29 is 0 Å². The van der Waals surface area contributed by atoms with Crippen LogP contribution in [0, 0.1) is 6.92 Å². The molecule has 0 spiro atoms. The van der Waals surface area contributed by atoms with Crippen molar-refractivity contribution in [1.29, 1.82) is 0 Å². The van der Waals surface area contributed by atoms with Crippen LogP contribution in [0.3, 0.4) is 0 Å². The Hall–Kier alpha value is -2.43. The molecule has 22 heavy (non-hydrogen) atoms. The standard InChI is InChI=1S/C17H19N5/c1-12-5-3-4-6-14(12)11-21(2)16-17-20-19-15(13-7-8-13)22(17)10-9-18-16/h3-6,9-10,13H,7-8,11H2,1-2H3. The van der Waals surface area contributed by atoms with Crippen molar-refractivity contribution in [2.75, 3.05) is 11.9 Å². The van der Waals surface area contributed by atoms with Crippen LogP contribution >= 0.6 is 0 Å². The molecule has 0 N–H and O–H groups in total. The molecule has 0 radical (unpaired) electrons. The van der Waals surface area contributed by atoms with Crippen molar-refractivity contribution in [3.8, 4) is 0 Å². The predicted octanol–water partition coefficient (Wildman–Crippen LogP) is 2.95. The molecular weight excluding hydrogens is 274 g/mol. The lowest BCUT2D eigenvalue weighted by atomic mass is 10.1. The van der Waals surface area contributed by atoms with Crippen LogP contribution in [0.4, 0.5) is 5.82 Å². The quantitative estimate of drug-likeness (QED) is 0.742. The third kappa shape index (κ3) is 2.22. The second-order valence-corrected chi connectivity index (χ2v) is 6.06. The fourth-order valence-electron chi connectivity index (χ4n) is 2.84. The summed E-state index contributed by atoms with van der Waals surface area (Å²) in [4.78, 5) is 6.67. The van der Waals surface area contributed by atoms with E-state index in [1.807, 2.05) is 12.4 Å². The van der Waals surface area contributed by atoms with Crippen LogP contribution in [0.15, 0.2) is 36.7 Å². The molecule has 0 saturated heterocycles. The predicted molar refractivity (Wildman–Crippen MR) is 86.0 cm³/mol. The molecule has 0 aliphatic heterocycles. The molecule has 0 amide bonds. The zero-order valence-corrected chi connectivity index (χ0v) is 12.9. The number of nitrogens with zero attached hydrogens (tertiary/aromatic N) is 5. The minimum absolute atomic E-state index is 0.576. The molecule has 4 rings (SSSR count). The van der Waals surface area contributed by atoms with E-state index in [1.165, 1.54) is 24.0 Å². The Balaban J connectivity index is 1.69. The molecule has 1 aliphatic carbocycles. The van der Waals surface area contributed by atoms with E-state index in [4.69, 9.17) is 0 Å². The molecular formula is C17H19N5. The van der Waals surface area contributed by atoms with Gasteiger partial charge in [0.25, 0.3) is 0 Å². The average molecular weight is 293 g/mol. The van der Waals surface area contributed by atoms with Crippen LogP contribution < -0.4 is 4.90 Å². The molecule has 1 saturated carbocycles. The second-order valence-electron chi connectivity index (χ2n) is 6.06. The molecule has 5 nitrogen and oxygen atoms in total. The molecule has 1 aromatic carbocycles. The van der Waals surface area contributed by atoms with Gasteiger partial charge >= 0.3 is 0 Å². The molecule has 112 valence electrons. The van der Waals surface area contributed by atoms with Gasteiger partial charge in [-0.1, -0.05) is 24.3 Å². The summed E-state index contributed by atoms with van der Waals surface area (Å²) >= 11 is 0. The Morgan fingerprint density at radius 1 is 1.23 bits per heavy atom. The maximum Gasteiger partial charge on any atom is 0.203 e. The highest BCUT2D eigenvalue weighted by atomic mass is 15.3. The van der Waals surface area contributed by atoms with Crippen LogP contribution in [0.25, 0.3) is 5.65 Å². The van der Waals surface area contributed by atoms with Crippen molar-refractivity contribution in [3.05, 3.63) is 53.6 Å². The summed E-state index contributed by atoms with van der Waals surface area (Å²) in [5.74, 6) is 2.53. The van der Waals surface area contributed by atoms with Crippen molar-refractivity contribution in [2.45, 2.75) is 32.2 Å². The van der Waals surface area contributed by atoms with Gasteiger partial charge in [0.15, 0.2) is 5.82 Å². The smallest absolute Gasteiger partial charge is 0.203 e. The summed E-state index contributed by atoms with van der Waals surface area (Å²) in [6, 6.07) is 8.44. The largest absolute Gasteiger partial charge is 0.352 e. The van der Waals surface area contributed by atoms with Gasteiger partial charge in [0.1, 0.15) is 5.82 Å². The molecule has 2 heterocycles. The van der Waals surface area contributed by atoms with E-state index in [0.29, 0.717) is 5.92 Å². The van der Waals surface area contributed by atoms with Crippen LogP contribution in [0.5, 0.6) is 0 Å². The molecule has 0 atom stereocenters. The zero-order valence-electron chi connectivity index (χ0n) is 12.9. The van der Waals surface area contributed by atoms with Crippen molar-refractivity contribution >= 4 is 11.5 Å². The van der Waals surface area contributed by atoms with Crippen LogP contribution in [-0.2, 0) is 6.54 Å². The van der Waals surface area contributed by atoms with Gasteiger partial charge in [-0.3, -0.25) is 4.40 Å². The molecule has 2 aromatic heterocycles. The van der Waals surface area contributed by atoms with E-state index in [2.05, 4.69) is 62.7 Å². The van der Waals surface area contributed by atoms with Crippen molar-refractivity contribution in [1.82, 2.24) is 19.6 Å². The first-order valence-electron chi connectivity index (χ1n) is 7.69. The van der Waals surface area contributed by atoms with E-state index >= 15 is 0 Å². The number of fused-ring (bicyclic) bond motifs is 1. The SMILES string of the molecule is Cc1ccccc1CN(C)c1nccn2c(C3CC3)nnc12. The molecule has 1 fully saturated rings. The maximum atomic E-state index is 4.53. The Morgan fingerprint density at radius 2 is 2.05 bits per heavy atom. The van der Waals surface area contributed by atoms with Gasteiger partial charge in [-0.15, -0.1) is 10.2 Å². The minimum Gasteiger partial charge on any atom is -0.352 e. The first-order valence-corrected chi connectivity index (χ1v) is 7.69. The number of hydrogen-bond donors (Lipinski definition) is 0. The zero-order chi connectivity index (χ0) is 15.1. The maximum absolute atomic E-state index is 4.53. The van der Waals surface area contributed by atoms with Gasteiger partial charge in [0, 0.05) is 31.9 Å². The molecule has 0 unspecified atom stereocenters. The normalized spacial score (nSPS) is 14.5. The van der Waals surface area contributed by atoms with Gasteiger partial charge in [-0.25, -0.2) is 4.98 Å². The topological polar surface area (TPSA) is 46.3 Å². The Morgan fingerprint density at radius 3 is 2.82 bits per heavy atom. The summed E-state index contributed by atoms with van der Waals surface area (Å²) in [7, 11) is 2.06. The lowest BCUT2D eigenvalue weighted by Crippen LogP contribution is -2.19. The first-order chi connectivity index (χ1) is 10.7. The molecule has 3 aromatic rings. The fourth-order valence-corrected chi connectivity index (χ4v) is 2.84. The van der Waals surface area contributed by atoms with E-state index < -0.39 is 0 Å². The monoisotopic (exact) mass is 293 g/mol. The third-order valence-electron chi connectivity index (χ3n) is 4.31. The summed E-state index contributed by atoms with van der Waals surface area (Å²) in [5, 5.41) is 8.75. The number of benzene rings is 1. The van der Waals surface area contributed by atoms with Crippen LogP contribution in [0.1, 0.15) is 35.7 Å². The second kappa shape index (κ2) is 5.09. The van der Waals surface area contributed by atoms with Crippen molar-refractivity contribution in [2.24, 2.45) is 0 Å². The Bertz CT molecular complexity index is 819. The number of rotatable bonds is 4. The van der Waals surface area contributed by atoms with Gasteiger partial charge in [0.05, 0.1) is 0 Å². The summed E-state index contributed by atoms with van der Waals surface area (Å²) < 4.78 is 2.09. The average Bonchev–Trinajstić information content (AvgIpc) is 3.28. The van der Waals surface area contributed by atoms with E-state index in [1.54, 1.807) is 0 Å². The van der Waals surface area contributed by atoms with Crippen LogP contribution in [-0.4, -0.2) is 26.6 Å². The van der Waals surface area contributed by atoms with E-state index in [-0.39, 0.29) is 0 Å². The lowest BCUT2D eigenvalue weighted by molar-refractivity contribution is 0.874. The fraction of sp³-hybridized carbons (Fsp3) is 0.353. The number of aryl methyl sites for hydroxylation is 1. The lowest BCUT2D eigenvalue weighted by Gasteiger charge is -2.19. The highest BCUT2D eigenvalue weighted by Gasteiger charge is 2.29. The van der Waals surface area contributed by atoms with Crippen LogP contribution in [0.2, 0.25) is 0 Å². The van der Waals surface area contributed by atoms with Gasteiger partial charge in [-0.2, -0.15) is 0 Å². The summed E-state index contributed by atoms with van der Waals surface area (Å²) in [6.45, 7) is 2.95. The van der Waals surface area contributed by atoms with E-state index in [9.17, 15) is 0 Å². The number of anilines is 1. The van der Waals surface area contributed by atoms with Gasteiger partial charge in [-0.05, 0) is 30.9 Å². The molecule has 0 bridgehead atoms. The molecule has 1 aliphatic rings. The number of hydrogen-bond acceptors (Lipinski definition) is 4. The van der Waals surface area contributed by atoms with Crippen molar-refractivity contribution in [3.63, 3.8) is 0 Å². The number of aromatic nitrogens is 4. The minimum atomic E-state index is 0.576. The summed E-state index contributed by atoms with van der Waals surface area (Å²) in [5.41, 5.74) is 3.44.